The van der Waals surface area contributed by atoms with Gasteiger partial charge >= 0.3 is 0 Å². The van der Waals surface area contributed by atoms with Crippen molar-refractivity contribution in [3.8, 4) is 5.75 Å². The predicted molar refractivity (Wildman–Crippen MR) is 103 cm³/mol. The lowest BCUT2D eigenvalue weighted by molar-refractivity contribution is -0.133. The Balaban J connectivity index is 1.88. The Hall–Kier alpha value is -1.92. The SMILES string of the molecule is CCOc1ccc(C(=O)CCC(=O)N(C)CC2(CO)CCOCC2)cc1C. The van der Waals surface area contributed by atoms with Gasteiger partial charge in [-0.1, -0.05) is 0 Å². The maximum Gasteiger partial charge on any atom is 0.222 e. The van der Waals surface area contributed by atoms with Gasteiger partial charge in [-0.25, -0.2) is 0 Å². The van der Waals surface area contributed by atoms with Crippen LogP contribution >= 0.6 is 0 Å². The summed E-state index contributed by atoms with van der Waals surface area (Å²) in [6.07, 6.45) is 1.82. The fourth-order valence-electron chi connectivity index (χ4n) is 3.46. The number of benzene rings is 1. The van der Waals surface area contributed by atoms with E-state index in [4.69, 9.17) is 9.47 Å². The summed E-state index contributed by atoms with van der Waals surface area (Å²) in [4.78, 5) is 26.5. The highest BCUT2D eigenvalue weighted by Crippen LogP contribution is 2.31. The summed E-state index contributed by atoms with van der Waals surface area (Å²) in [5.74, 6) is 0.645. The largest absolute Gasteiger partial charge is 0.494 e. The smallest absolute Gasteiger partial charge is 0.222 e. The first-order valence-electron chi connectivity index (χ1n) is 9.60. The van der Waals surface area contributed by atoms with E-state index in [9.17, 15) is 14.7 Å². The van der Waals surface area contributed by atoms with Crippen molar-refractivity contribution in [2.24, 2.45) is 5.41 Å². The fourth-order valence-corrected chi connectivity index (χ4v) is 3.46. The Bertz CT molecular complexity index is 652. The van der Waals surface area contributed by atoms with E-state index in [1.165, 1.54) is 0 Å². The summed E-state index contributed by atoms with van der Waals surface area (Å²) in [5.41, 5.74) is 1.22. The van der Waals surface area contributed by atoms with Crippen LogP contribution in [0.15, 0.2) is 18.2 Å². The van der Waals surface area contributed by atoms with Crippen molar-refractivity contribution < 1.29 is 24.2 Å². The summed E-state index contributed by atoms with van der Waals surface area (Å²) >= 11 is 0. The first kappa shape index (κ1) is 21.4. The minimum atomic E-state index is -0.293. The molecule has 0 saturated carbocycles. The number of amides is 1. The quantitative estimate of drug-likeness (QED) is 0.670. The molecule has 1 amide bonds. The highest BCUT2D eigenvalue weighted by atomic mass is 16.5. The molecular formula is C21H31NO5. The van der Waals surface area contributed by atoms with Crippen LogP contribution in [0.5, 0.6) is 5.75 Å². The van der Waals surface area contributed by atoms with E-state index in [1.807, 2.05) is 19.9 Å². The van der Waals surface area contributed by atoms with Gasteiger partial charge in [0.1, 0.15) is 5.75 Å². The summed E-state index contributed by atoms with van der Waals surface area (Å²) in [6.45, 7) is 6.15. The second-order valence-electron chi connectivity index (χ2n) is 7.36. The first-order chi connectivity index (χ1) is 12.9. The maximum absolute atomic E-state index is 12.5. The molecule has 0 aliphatic carbocycles. The highest BCUT2D eigenvalue weighted by Gasteiger charge is 2.34. The molecule has 1 aliphatic rings. The van der Waals surface area contributed by atoms with Gasteiger partial charge in [0.2, 0.25) is 5.91 Å². The van der Waals surface area contributed by atoms with Crippen LogP contribution in [-0.2, 0) is 9.53 Å². The Morgan fingerprint density at radius 1 is 1.26 bits per heavy atom. The molecule has 0 unspecified atom stereocenters. The van der Waals surface area contributed by atoms with Crippen LogP contribution < -0.4 is 4.74 Å². The molecule has 6 heteroatoms. The number of nitrogens with zero attached hydrogens (tertiary/aromatic N) is 1. The van der Waals surface area contributed by atoms with Crippen molar-refractivity contribution in [3.05, 3.63) is 29.3 Å². The maximum atomic E-state index is 12.5. The number of ketones is 1. The summed E-state index contributed by atoms with van der Waals surface area (Å²) in [7, 11) is 1.74. The van der Waals surface area contributed by atoms with Gasteiger partial charge in [0, 0.05) is 50.6 Å². The summed E-state index contributed by atoms with van der Waals surface area (Å²) in [5, 5.41) is 9.77. The lowest BCUT2D eigenvalue weighted by atomic mass is 9.80. The zero-order valence-electron chi connectivity index (χ0n) is 16.6. The van der Waals surface area contributed by atoms with Gasteiger partial charge < -0.3 is 19.5 Å². The molecule has 1 aliphatic heterocycles. The number of carbonyl (C=O) groups excluding carboxylic acids is 2. The fraction of sp³-hybridized carbons (Fsp3) is 0.619. The number of hydrogen-bond acceptors (Lipinski definition) is 5. The number of aliphatic hydroxyl groups is 1. The molecule has 27 heavy (non-hydrogen) atoms. The number of ether oxygens (including phenoxy) is 2. The molecule has 0 radical (unpaired) electrons. The predicted octanol–water partition coefficient (Wildman–Crippen LogP) is 2.60. The summed E-state index contributed by atoms with van der Waals surface area (Å²) < 4.78 is 10.9. The van der Waals surface area contributed by atoms with Crippen LogP contribution in [0.1, 0.15) is 48.5 Å². The Morgan fingerprint density at radius 3 is 2.56 bits per heavy atom. The van der Waals surface area contributed by atoms with Crippen molar-refractivity contribution >= 4 is 11.7 Å². The Labute approximate surface area is 161 Å². The van der Waals surface area contributed by atoms with Gasteiger partial charge in [-0.2, -0.15) is 0 Å². The molecule has 150 valence electrons. The van der Waals surface area contributed by atoms with Gasteiger partial charge in [0.05, 0.1) is 13.2 Å². The third-order valence-electron chi connectivity index (χ3n) is 5.25. The van der Waals surface area contributed by atoms with Crippen molar-refractivity contribution in [2.45, 2.75) is 39.5 Å². The Kier molecular flexibility index (Phi) is 7.80. The van der Waals surface area contributed by atoms with Gasteiger partial charge in [-0.3, -0.25) is 9.59 Å². The monoisotopic (exact) mass is 377 g/mol. The molecule has 1 N–H and O–H groups in total. The third kappa shape index (κ3) is 5.78. The molecule has 0 aromatic heterocycles. The van der Waals surface area contributed by atoms with Gasteiger partial charge in [0.15, 0.2) is 5.78 Å². The van der Waals surface area contributed by atoms with Crippen LogP contribution in [0.4, 0.5) is 0 Å². The van der Waals surface area contributed by atoms with Crippen LogP contribution in [-0.4, -0.2) is 61.7 Å². The normalized spacial score (nSPS) is 16.0. The van der Waals surface area contributed by atoms with E-state index < -0.39 is 0 Å². The molecule has 2 rings (SSSR count). The molecule has 1 heterocycles. The average Bonchev–Trinajstić information content (AvgIpc) is 2.68. The minimum absolute atomic E-state index is 0.0400. The van der Waals surface area contributed by atoms with Crippen LogP contribution in [0, 0.1) is 12.3 Å². The minimum Gasteiger partial charge on any atom is -0.494 e. The number of aliphatic hydroxyl groups excluding tert-OH is 1. The van der Waals surface area contributed by atoms with Crippen LogP contribution in [0.2, 0.25) is 0 Å². The lowest BCUT2D eigenvalue weighted by Crippen LogP contribution is -2.44. The second kappa shape index (κ2) is 9.85. The number of Topliss-reactive ketones (excluding diaryl/α,β-unsaturated/α-hetero) is 1. The standard InChI is InChI=1S/C21H31NO5/c1-4-27-19-7-5-17(13-16(19)2)18(24)6-8-20(25)22(3)14-21(15-23)9-11-26-12-10-21/h5,7,13,23H,4,6,8-12,14-15H2,1-3H3. The van der Waals surface area contributed by atoms with Crippen molar-refractivity contribution in [2.75, 3.05) is 40.0 Å². The van der Waals surface area contributed by atoms with Gasteiger partial charge in [0.25, 0.3) is 0 Å². The van der Waals surface area contributed by atoms with E-state index in [2.05, 4.69) is 0 Å². The molecule has 0 spiro atoms. The highest BCUT2D eigenvalue weighted by molar-refractivity contribution is 5.98. The zero-order chi connectivity index (χ0) is 19.9. The first-order valence-corrected chi connectivity index (χ1v) is 9.60. The molecule has 0 bridgehead atoms. The van der Waals surface area contributed by atoms with Crippen LogP contribution in [0.25, 0.3) is 0 Å². The van der Waals surface area contributed by atoms with E-state index in [-0.39, 0.29) is 36.6 Å². The average molecular weight is 377 g/mol. The summed E-state index contributed by atoms with van der Waals surface area (Å²) in [6, 6.07) is 5.36. The topological polar surface area (TPSA) is 76.1 Å². The van der Waals surface area contributed by atoms with E-state index in [1.54, 1.807) is 24.1 Å². The number of rotatable bonds is 9. The third-order valence-corrected chi connectivity index (χ3v) is 5.25. The molecule has 6 nitrogen and oxygen atoms in total. The zero-order valence-corrected chi connectivity index (χ0v) is 16.6. The lowest BCUT2D eigenvalue weighted by Gasteiger charge is -2.38. The molecule has 1 saturated heterocycles. The van der Waals surface area contributed by atoms with E-state index >= 15 is 0 Å². The van der Waals surface area contributed by atoms with Crippen molar-refractivity contribution in [3.63, 3.8) is 0 Å². The molecule has 0 atom stereocenters. The van der Waals surface area contributed by atoms with Gasteiger partial charge in [-0.15, -0.1) is 0 Å². The second-order valence-corrected chi connectivity index (χ2v) is 7.36. The number of hydrogen-bond donors (Lipinski definition) is 1. The molecule has 1 aromatic rings. The van der Waals surface area contributed by atoms with Gasteiger partial charge in [-0.05, 0) is 50.5 Å². The van der Waals surface area contributed by atoms with E-state index in [0.717, 1.165) is 24.2 Å². The van der Waals surface area contributed by atoms with Crippen molar-refractivity contribution in [1.82, 2.24) is 4.90 Å². The molecular weight excluding hydrogens is 346 g/mol. The molecule has 1 aromatic carbocycles. The van der Waals surface area contributed by atoms with Crippen molar-refractivity contribution in [1.29, 1.82) is 0 Å². The van der Waals surface area contributed by atoms with Crippen LogP contribution in [0.3, 0.4) is 0 Å². The Morgan fingerprint density at radius 2 is 1.96 bits per heavy atom. The molecule has 1 fully saturated rings. The number of carbonyl (C=O) groups is 2. The number of aryl methyl sites for hydroxylation is 1. The van der Waals surface area contributed by atoms with E-state index in [0.29, 0.717) is 31.9 Å².